The summed E-state index contributed by atoms with van der Waals surface area (Å²) in [6, 6.07) is -0.269. The zero-order valence-corrected chi connectivity index (χ0v) is 20.7. The number of rotatable bonds is 7. The summed E-state index contributed by atoms with van der Waals surface area (Å²) in [5.74, 6) is 0.125. The Bertz CT molecular complexity index is 756. The SMILES string of the molecule is CC1CC2CCCC(C(C)NC(=O)C(N)C3=C(NC4CCCCC4)CCC(C(=O)O)C3)(C1)C2. The van der Waals surface area contributed by atoms with Gasteiger partial charge >= 0.3 is 5.97 Å². The second-order valence-electron chi connectivity index (χ2n) is 11.8. The highest BCUT2D eigenvalue weighted by Gasteiger charge is 2.46. The van der Waals surface area contributed by atoms with Gasteiger partial charge in [-0.3, -0.25) is 9.59 Å². The lowest BCUT2D eigenvalue weighted by Gasteiger charge is -2.51. The molecule has 1 amide bonds. The Morgan fingerprint density at radius 1 is 1.09 bits per heavy atom. The standard InChI is InChI=1S/C27H45N3O3/c1-17-13-19-7-6-12-27(15-17,16-19)18(2)29-25(31)24(28)22-14-20(26(32)33)10-11-23(22)30-21-8-4-3-5-9-21/h17-21,24,30H,3-16,28H2,1-2H3,(H,29,31)(H,32,33). The molecule has 0 heterocycles. The van der Waals surface area contributed by atoms with Crippen LogP contribution in [0.4, 0.5) is 0 Å². The Kier molecular flexibility index (Phi) is 7.72. The van der Waals surface area contributed by atoms with E-state index in [0.29, 0.717) is 31.2 Å². The lowest BCUT2D eigenvalue weighted by atomic mass is 9.56. The summed E-state index contributed by atoms with van der Waals surface area (Å²) < 4.78 is 0. The molecule has 6 nitrogen and oxygen atoms in total. The highest BCUT2D eigenvalue weighted by molar-refractivity contribution is 5.85. The van der Waals surface area contributed by atoms with E-state index in [2.05, 4.69) is 24.5 Å². The molecular formula is C27H45N3O3. The molecule has 0 spiro atoms. The summed E-state index contributed by atoms with van der Waals surface area (Å²) in [5, 5.41) is 16.6. The predicted molar refractivity (Wildman–Crippen MR) is 130 cm³/mol. The highest BCUT2D eigenvalue weighted by Crippen LogP contribution is 2.52. The molecule has 3 fully saturated rings. The van der Waals surface area contributed by atoms with E-state index in [0.717, 1.165) is 30.0 Å². The number of carboxylic acid groups (broad SMARTS) is 1. The normalized spacial score (nSPS) is 34.9. The average Bonchev–Trinajstić information content (AvgIpc) is 2.79. The van der Waals surface area contributed by atoms with Crippen molar-refractivity contribution in [2.45, 2.75) is 122 Å². The lowest BCUT2D eigenvalue weighted by molar-refractivity contribution is -0.142. The number of nitrogens with one attached hydrogen (secondary N) is 2. The molecule has 4 aliphatic carbocycles. The molecule has 5 N–H and O–H groups in total. The summed E-state index contributed by atoms with van der Waals surface area (Å²) in [6.07, 6.45) is 15.1. The summed E-state index contributed by atoms with van der Waals surface area (Å²) in [7, 11) is 0. The van der Waals surface area contributed by atoms with Crippen molar-refractivity contribution < 1.29 is 14.7 Å². The molecule has 2 bridgehead atoms. The Morgan fingerprint density at radius 2 is 1.85 bits per heavy atom. The third kappa shape index (κ3) is 5.58. The number of nitrogens with two attached hydrogens (primary N) is 1. The van der Waals surface area contributed by atoms with Crippen LogP contribution in [0.3, 0.4) is 0 Å². The fraction of sp³-hybridized carbons (Fsp3) is 0.852. The van der Waals surface area contributed by atoms with Gasteiger partial charge in [-0.1, -0.05) is 39.0 Å². The number of carbonyl (C=O) groups excluding carboxylic acids is 1. The van der Waals surface area contributed by atoms with Gasteiger partial charge in [-0.15, -0.1) is 0 Å². The number of carboxylic acids is 1. The first-order chi connectivity index (χ1) is 15.8. The molecule has 4 rings (SSSR count). The molecule has 4 aliphatic rings. The second kappa shape index (κ2) is 10.4. The summed E-state index contributed by atoms with van der Waals surface area (Å²) in [6.45, 7) is 4.52. The van der Waals surface area contributed by atoms with Crippen LogP contribution in [0.1, 0.15) is 104 Å². The Morgan fingerprint density at radius 3 is 2.58 bits per heavy atom. The molecular weight excluding hydrogens is 414 g/mol. The van der Waals surface area contributed by atoms with Crippen molar-refractivity contribution >= 4 is 11.9 Å². The van der Waals surface area contributed by atoms with E-state index < -0.39 is 17.9 Å². The first kappa shape index (κ1) is 24.6. The molecule has 33 heavy (non-hydrogen) atoms. The molecule has 0 saturated heterocycles. The molecule has 0 aromatic carbocycles. The molecule has 6 atom stereocenters. The summed E-state index contributed by atoms with van der Waals surface area (Å²) in [5.41, 5.74) is 8.62. The summed E-state index contributed by atoms with van der Waals surface area (Å²) in [4.78, 5) is 25.1. The van der Waals surface area contributed by atoms with Gasteiger partial charge in [-0.25, -0.2) is 0 Å². The molecule has 6 heteroatoms. The van der Waals surface area contributed by atoms with Crippen LogP contribution in [0.15, 0.2) is 11.3 Å². The minimum absolute atomic E-state index is 0.0933. The molecule has 0 radical (unpaired) electrons. The van der Waals surface area contributed by atoms with E-state index >= 15 is 0 Å². The minimum atomic E-state index is -0.784. The number of allylic oxidation sites excluding steroid dienone is 1. The number of amides is 1. The molecule has 0 aromatic heterocycles. The van der Waals surface area contributed by atoms with Crippen molar-refractivity contribution in [1.82, 2.24) is 10.6 Å². The van der Waals surface area contributed by atoms with Gasteiger partial charge in [0.1, 0.15) is 6.04 Å². The van der Waals surface area contributed by atoms with E-state index in [1.165, 1.54) is 57.8 Å². The average molecular weight is 460 g/mol. The van der Waals surface area contributed by atoms with Gasteiger partial charge in [-0.05, 0) is 87.5 Å². The van der Waals surface area contributed by atoms with E-state index in [-0.39, 0.29) is 17.4 Å². The maximum atomic E-state index is 13.4. The molecule has 3 saturated carbocycles. The first-order valence-electron chi connectivity index (χ1n) is 13.5. The van der Waals surface area contributed by atoms with Crippen molar-refractivity contribution in [2.75, 3.05) is 0 Å². The first-order valence-corrected chi connectivity index (χ1v) is 13.5. The van der Waals surface area contributed by atoms with Crippen LogP contribution >= 0.6 is 0 Å². The fourth-order valence-corrected chi connectivity index (χ4v) is 7.59. The van der Waals surface area contributed by atoms with Crippen molar-refractivity contribution in [2.24, 2.45) is 28.9 Å². The third-order valence-corrected chi connectivity index (χ3v) is 9.34. The molecule has 6 unspecified atom stereocenters. The van der Waals surface area contributed by atoms with Crippen molar-refractivity contribution in [3.05, 3.63) is 11.3 Å². The topological polar surface area (TPSA) is 104 Å². The smallest absolute Gasteiger partial charge is 0.306 e. The number of hydrogen-bond acceptors (Lipinski definition) is 4. The van der Waals surface area contributed by atoms with Gasteiger partial charge in [0.2, 0.25) is 5.91 Å². The van der Waals surface area contributed by atoms with E-state index in [4.69, 9.17) is 5.73 Å². The maximum Gasteiger partial charge on any atom is 0.306 e. The van der Waals surface area contributed by atoms with E-state index in [1.807, 2.05) is 0 Å². The second-order valence-corrected chi connectivity index (χ2v) is 11.8. The highest BCUT2D eigenvalue weighted by atomic mass is 16.4. The zero-order valence-electron chi connectivity index (χ0n) is 20.7. The van der Waals surface area contributed by atoms with Gasteiger partial charge in [-0.2, -0.15) is 0 Å². The van der Waals surface area contributed by atoms with Crippen LogP contribution in [0.5, 0.6) is 0 Å². The van der Waals surface area contributed by atoms with E-state index in [1.54, 1.807) is 0 Å². The fourth-order valence-electron chi connectivity index (χ4n) is 7.59. The van der Waals surface area contributed by atoms with Gasteiger partial charge in [0.05, 0.1) is 5.92 Å². The van der Waals surface area contributed by atoms with Crippen LogP contribution < -0.4 is 16.4 Å². The monoisotopic (exact) mass is 459 g/mol. The molecule has 0 aliphatic heterocycles. The minimum Gasteiger partial charge on any atom is -0.481 e. The predicted octanol–water partition coefficient (Wildman–Crippen LogP) is 4.49. The van der Waals surface area contributed by atoms with Crippen LogP contribution in [0.2, 0.25) is 0 Å². The van der Waals surface area contributed by atoms with Crippen LogP contribution in [0, 0.1) is 23.2 Å². The number of carbonyl (C=O) groups is 2. The number of fused-ring (bicyclic) bond motifs is 2. The zero-order chi connectivity index (χ0) is 23.6. The Labute approximate surface area is 199 Å². The van der Waals surface area contributed by atoms with E-state index in [9.17, 15) is 14.7 Å². The maximum absolute atomic E-state index is 13.4. The van der Waals surface area contributed by atoms with Crippen molar-refractivity contribution in [3.8, 4) is 0 Å². The van der Waals surface area contributed by atoms with Crippen LogP contribution in [0.25, 0.3) is 0 Å². The van der Waals surface area contributed by atoms with Crippen LogP contribution in [-0.4, -0.2) is 35.1 Å². The van der Waals surface area contributed by atoms with Crippen LogP contribution in [-0.2, 0) is 9.59 Å². The van der Waals surface area contributed by atoms with Gasteiger partial charge in [0.15, 0.2) is 0 Å². The Hall–Kier alpha value is -1.56. The quantitative estimate of drug-likeness (QED) is 0.449. The molecule has 0 aromatic rings. The Balaban J connectivity index is 1.48. The molecule has 186 valence electrons. The third-order valence-electron chi connectivity index (χ3n) is 9.34. The van der Waals surface area contributed by atoms with Gasteiger partial charge in [0.25, 0.3) is 0 Å². The summed E-state index contributed by atoms with van der Waals surface area (Å²) >= 11 is 0. The van der Waals surface area contributed by atoms with Crippen molar-refractivity contribution in [3.63, 3.8) is 0 Å². The van der Waals surface area contributed by atoms with Crippen molar-refractivity contribution in [1.29, 1.82) is 0 Å². The number of aliphatic carboxylic acids is 1. The number of hydrogen-bond donors (Lipinski definition) is 4. The van der Waals surface area contributed by atoms with Gasteiger partial charge < -0.3 is 21.5 Å². The van der Waals surface area contributed by atoms with Gasteiger partial charge in [0, 0.05) is 17.8 Å². The largest absolute Gasteiger partial charge is 0.481 e. The lowest BCUT2D eigenvalue weighted by Crippen LogP contribution is -2.55.